The van der Waals surface area contributed by atoms with Gasteiger partial charge in [-0.2, -0.15) is 4.98 Å². The predicted octanol–water partition coefficient (Wildman–Crippen LogP) is 4.93. The minimum absolute atomic E-state index is 0.554. The Morgan fingerprint density at radius 3 is 2.69 bits per heavy atom. The summed E-state index contributed by atoms with van der Waals surface area (Å²) in [6.07, 6.45) is 0. The summed E-state index contributed by atoms with van der Waals surface area (Å²) in [4.78, 5) is 4.47. The molecule has 2 heterocycles. The maximum absolute atomic E-state index is 5.36. The van der Waals surface area contributed by atoms with Gasteiger partial charge in [-0.3, -0.25) is 0 Å². The third kappa shape index (κ3) is 3.92. The van der Waals surface area contributed by atoms with Gasteiger partial charge in [-0.25, -0.2) is 0 Å². The van der Waals surface area contributed by atoms with Crippen LogP contribution in [0.5, 0.6) is 0 Å². The summed E-state index contributed by atoms with van der Waals surface area (Å²) in [7, 11) is 0. The van der Waals surface area contributed by atoms with Gasteiger partial charge in [0, 0.05) is 11.3 Å². The van der Waals surface area contributed by atoms with E-state index in [0.29, 0.717) is 17.5 Å². The van der Waals surface area contributed by atoms with Crippen molar-refractivity contribution < 1.29 is 4.52 Å². The number of anilines is 2. The van der Waals surface area contributed by atoms with E-state index in [1.165, 1.54) is 23.1 Å². The lowest BCUT2D eigenvalue weighted by molar-refractivity contribution is 0.391. The Hall–Kier alpha value is -2.71. The van der Waals surface area contributed by atoms with Gasteiger partial charge in [0.2, 0.25) is 16.8 Å². The van der Waals surface area contributed by atoms with Gasteiger partial charge in [0.1, 0.15) is 0 Å². The number of aryl methyl sites for hydroxylation is 1. The third-order valence-corrected chi connectivity index (χ3v) is 5.56. The molecule has 0 spiro atoms. The molecule has 8 heteroatoms. The van der Waals surface area contributed by atoms with E-state index in [2.05, 4.69) is 25.7 Å². The minimum Gasteiger partial charge on any atom is -0.338 e. The van der Waals surface area contributed by atoms with Crippen molar-refractivity contribution in [3.8, 4) is 11.4 Å². The van der Waals surface area contributed by atoms with Crippen LogP contribution >= 0.6 is 23.1 Å². The number of hydrogen-bond acceptors (Lipinski definition) is 8. The molecule has 2 aromatic carbocycles. The van der Waals surface area contributed by atoms with Crippen LogP contribution in [0.15, 0.2) is 63.5 Å². The van der Waals surface area contributed by atoms with Crippen LogP contribution in [0.2, 0.25) is 0 Å². The molecule has 130 valence electrons. The monoisotopic (exact) mass is 381 g/mol. The van der Waals surface area contributed by atoms with Crippen molar-refractivity contribution >= 4 is 33.9 Å². The second-order valence-corrected chi connectivity index (χ2v) is 7.68. The first-order chi connectivity index (χ1) is 12.8. The summed E-state index contributed by atoms with van der Waals surface area (Å²) in [6.45, 7) is 2.03. The molecule has 2 aromatic heterocycles. The zero-order valence-electron chi connectivity index (χ0n) is 13.9. The van der Waals surface area contributed by atoms with Gasteiger partial charge in [0.05, 0.1) is 5.75 Å². The first kappa shape index (κ1) is 16.7. The minimum atomic E-state index is 0.554. The van der Waals surface area contributed by atoms with Gasteiger partial charge >= 0.3 is 0 Å². The third-order valence-electron chi connectivity index (χ3n) is 3.60. The molecule has 26 heavy (non-hydrogen) atoms. The maximum Gasteiger partial charge on any atom is 0.237 e. The quantitative estimate of drug-likeness (QED) is 0.474. The van der Waals surface area contributed by atoms with Crippen molar-refractivity contribution in [1.82, 2.24) is 20.3 Å². The van der Waals surface area contributed by atoms with Crippen LogP contribution in [-0.4, -0.2) is 20.3 Å². The van der Waals surface area contributed by atoms with Crippen molar-refractivity contribution in [2.45, 2.75) is 17.0 Å². The Bertz CT molecular complexity index is 1000. The molecule has 6 nitrogen and oxygen atoms in total. The molecule has 0 bridgehead atoms. The SMILES string of the molecule is Cc1ccccc1-c1noc(CSc2nnc(Nc3ccccc3)s2)n1. The molecule has 4 aromatic rings. The highest BCUT2D eigenvalue weighted by Gasteiger charge is 2.12. The van der Waals surface area contributed by atoms with Gasteiger partial charge in [0.15, 0.2) is 4.34 Å². The first-order valence-electron chi connectivity index (χ1n) is 7.95. The van der Waals surface area contributed by atoms with Crippen LogP contribution in [-0.2, 0) is 5.75 Å². The first-order valence-corrected chi connectivity index (χ1v) is 9.75. The van der Waals surface area contributed by atoms with Crippen molar-refractivity contribution in [1.29, 1.82) is 0 Å². The average molecular weight is 381 g/mol. The van der Waals surface area contributed by atoms with Gasteiger partial charge in [-0.1, -0.05) is 70.7 Å². The Balaban J connectivity index is 1.39. The fourth-order valence-corrected chi connectivity index (χ4v) is 3.94. The van der Waals surface area contributed by atoms with E-state index in [1.54, 1.807) is 0 Å². The van der Waals surface area contributed by atoms with Crippen molar-refractivity contribution in [3.63, 3.8) is 0 Å². The number of benzene rings is 2. The highest BCUT2D eigenvalue weighted by atomic mass is 32.2. The second-order valence-electron chi connectivity index (χ2n) is 5.48. The van der Waals surface area contributed by atoms with E-state index in [1.807, 2.05) is 61.5 Å². The Morgan fingerprint density at radius 1 is 1.04 bits per heavy atom. The van der Waals surface area contributed by atoms with Gasteiger partial charge in [0.25, 0.3) is 0 Å². The molecular weight excluding hydrogens is 366 g/mol. The molecular formula is C18H15N5OS2. The summed E-state index contributed by atoms with van der Waals surface area (Å²) in [6, 6.07) is 17.9. The lowest BCUT2D eigenvalue weighted by Crippen LogP contribution is -1.87. The number of hydrogen-bond donors (Lipinski definition) is 1. The zero-order valence-corrected chi connectivity index (χ0v) is 15.5. The number of rotatable bonds is 6. The topological polar surface area (TPSA) is 76.7 Å². The lowest BCUT2D eigenvalue weighted by atomic mass is 10.1. The van der Waals surface area contributed by atoms with E-state index in [4.69, 9.17) is 4.52 Å². The molecule has 0 aliphatic rings. The summed E-state index contributed by atoms with van der Waals surface area (Å²) in [5.74, 6) is 1.74. The van der Waals surface area contributed by atoms with Crippen molar-refractivity contribution in [3.05, 3.63) is 66.1 Å². The Morgan fingerprint density at radius 2 is 1.85 bits per heavy atom. The average Bonchev–Trinajstić information content (AvgIpc) is 3.31. The van der Waals surface area contributed by atoms with Crippen LogP contribution in [0.4, 0.5) is 10.8 Å². The predicted molar refractivity (Wildman–Crippen MR) is 104 cm³/mol. The number of nitrogens with zero attached hydrogens (tertiary/aromatic N) is 4. The zero-order chi connectivity index (χ0) is 17.8. The van der Waals surface area contributed by atoms with Crippen LogP contribution < -0.4 is 5.32 Å². The summed E-state index contributed by atoms with van der Waals surface area (Å²) < 4.78 is 6.20. The molecule has 0 radical (unpaired) electrons. The van der Waals surface area contributed by atoms with Crippen LogP contribution in [0, 0.1) is 6.92 Å². The summed E-state index contributed by atoms with van der Waals surface area (Å²) >= 11 is 3.02. The number of aromatic nitrogens is 4. The molecule has 0 aliphatic heterocycles. The van der Waals surface area contributed by atoms with E-state index >= 15 is 0 Å². The van der Waals surface area contributed by atoms with Crippen LogP contribution in [0.25, 0.3) is 11.4 Å². The van der Waals surface area contributed by atoms with Gasteiger partial charge in [-0.05, 0) is 24.6 Å². The highest BCUT2D eigenvalue weighted by molar-refractivity contribution is 8.00. The fraction of sp³-hybridized carbons (Fsp3) is 0.111. The van der Waals surface area contributed by atoms with E-state index in [0.717, 1.165) is 26.3 Å². The number of para-hydroxylation sites is 1. The smallest absolute Gasteiger partial charge is 0.237 e. The fourth-order valence-electron chi connectivity index (χ4n) is 2.33. The summed E-state index contributed by atoms with van der Waals surface area (Å²) in [5.41, 5.74) is 3.09. The van der Waals surface area contributed by atoms with E-state index < -0.39 is 0 Å². The van der Waals surface area contributed by atoms with Gasteiger partial charge < -0.3 is 9.84 Å². The largest absolute Gasteiger partial charge is 0.338 e. The maximum atomic E-state index is 5.36. The standard InChI is InChI=1S/C18H15N5OS2/c1-12-7-5-6-10-14(12)16-20-15(24-23-16)11-25-18-22-21-17(26-18)19-13-8-3-2-4-9-13/h2-10H,11H2,1H3,(H,19,21). The lowest BCUT2D eigenvalue weighted by Gasteiger charge is -1.99. The number of thioether (sulfide) groups is 1. The van der Waals surface area contributed by atoms with Crippen LogP contribution in [0.3, 0.4) is 0 Å². The molecule has 0 unspecified atom stereocenters. The molecule has 1 N–H and O–H groups in total. The van der Waals surface area contributed by atoms with Crippen LogP contribution in [0.1, 0.15) is 11.5 Å². The van der Waals surface area contributed by atoms with E-state index in [-0.39, 0.29) is 0 Å². The van der Waals surface area contributed by atoms with Crippen molar-refractivity contribution in [2.75, 3.05) is 5.32 Å². The highest BCUT2D eigenvalue weighted by Crippen LogP contribution is 2.30. The van der Waals surface area contributed by atoms with Crippen molar-refractivity contribution in [2.24, 2.45) is 0 Å². The van der Waals surface area contributed by atoms with Gasteiger partial charge in [-0.15, -0.1) is 10.2 Å². The normalized spacial score (nSPS) is 10.8. The molecule has 0 saturated carbocycles. The molecule has 4 rings (SSSR count). The second kappa shape index (κ2) is 7.67. The Labute approximate surface area is 158 Å². The molecule has 0 atom stereocenters. The summed E-state index contributed by atoms with van der Waals surface area (Å²) in [5, 5.41) is 16.4. The number of nitrogens with one attached hydrogen (secondary N) is 1. The molecule has 0 aliphatic carbocycles. The molecule has 0 fully saturated rings. The molecule has 0 amide bonds. The molecule has 0 saturated heterocycles. The Kier molecular flexibility index (Phi) is 4.94. The van der Waals surface area contributed by atoms with E-state index in [9.17, 15) is 0 Å².